The van der Waals surface area contributed by atoms with Crippen LogP contribution in [0.5, 0.6) is 0 Å². The summed E-state index contributed by atoms with van der Waals surface area (Å²) in [6, 6.07) is 11.0. The first kappa shape index (κ1) is 23.8. The molecule has 0 bridgehead atoms. The number of hydrazone groups is 1. The van der Waals surface area contributed by atoms with E-state index in [2.05, 4.69) is 20.1 Å². The van der Waals surface area contributed by atoms with E-state index in [0.29, 0.717) is 40.5 Å². The molecule has 13 heteroatoms. The van der Waals surface area contributed by atoms with E-state index in [0.717, 1.165) is 5.69 Å². The lowest BCUT2D eigenvalue weighted by atomic mass is 10.0. The maximum atomic E-state index is 14.4. The zero-order valence-corrected chi connectivity index (χ0v) is 20.1. The van der Waals surface area contributed by atoms with Crippen LogP contribution in [0.15, 0.2) is 52.4 Å². The van der Waals surface area contributed by atoms with Crippen molar-refractivity contribution in [3.8, 4) is 22.4 Å². The predicted octanol–water partition coefficient (Wildman–Crippen LogP) is 3.45. The van der Waals surface area contributed by atoms with E-state index in [-0.39, 0.29) is 27.8 Å². The number of hydrogen-bond acceptors (Lipinski definition) is 7. The maximum absolute atomic E-state index is 14.4. The molecule has 4 heterocycles. The molecule has 1 atom stereocenters. The van der Waals surface area contributed by atoms with Crippen LogP contribution in [0.2, 0.25) is 10.2 Å². The molecule has 4 aromatic rings. The molecule has 1 aliphatic rings. The normalized spacial score (nSPS) is 14.9. The molecule has 0 radical (unpaired) electrons. The second kappa shape index (κ2) is 9.26. The topological polar surface area (TPSA) is 157 Å². The van der Waals surface area contributed by atoms with Crippen molar-refractivity contribution in [1.82, 2.24) is 19.5 Å². The van der Waals surface area contributed by atoms with Crippen LogP contribution in [0.3, 0.4) is 0 Å². The summed E-state index contributed by atoms with van der Waals surface area (Å²) < 4.78 is 16.0. The van der Waals surface area contributed by atoms with Gasteiger partial charge < -0.3 is 21.1 Å². The molecule has 1 unspecified atom stereocenters. The van der Waals surface area contributed by atoms with Crippen LogP contribution in [0.25, 0.3) is 22.4 Å². The third kappa shape index (κ3) is 4.17. The number of aryl methyl sites for hydroxylation is 1. The van der Waals surface area contributed by atoms with Crippen LogP contribution >= 0.6 is 23.2 Å². The monoisotopic (exact) mass is 527 g/mol. The van der Waals surface area contributed by atoms with Gasteiger partial charge in [0.1, 0.15) is 28.8 Å². The third-order valence-electron chi connectivity index (χ3n) is 5.99. The fraction of sp³-hybridized carbons (Fsp3) is 0.130. The second-order valence-electron chi connectivity index (χ2n) is 8.19. The Labute approximate surface area is 214 Å². The summed E-state index contributed by atoms with van der Waals surface area (Å²) in [5, 5.41) is 5.32. The van der Waals surface area contributed by atoms with E-state index in [9.17, 15) is 9.18 Å². The first-order valence-corrected chi connectivity index (χ1v) is 11.5. The summed E-state index contributed by atoms with van der Waals surface area (Å²) in [5.41, 5.74) is 8.23. The minimum Gasteiger partial charge on any atom is -0.384 e. The molecule has 10 nitrogen and oxygen atoms in total. The number of halogens is 3. The van der Waals surface area contributed by atoms with Gasteiger partial charge in [0.15, 0.2) is 0 Å². The Morgan fingerprint density at radius 1 is 1.17 bits per heavy atom. The number of nitrogens with two attached hydrogens (primary N) is 3. The highest BCUT2D eigenvalue weighted by Gasteiger charge is 2.29. The van der Waals surface area contributed by atoms with Crippen LogP contribution in [0.1, 0.15) is 24.0 Å². The van der Waals surface area contributed by atoms with Gasteiger partial charge in [-0.1, -0.05) is 23.2 Å². The number of hydrazine groups is 1. The largest absolute Gasteiger partial charge is 0.384 e. The number of nitrogens with zero attached hydrogens (tertiary/aromatic N) is 5. The Kier molecular flexibility index (Phi) is 6.12. The number of fused-ring (bicyclic) bond motifs is 1. The summed E-state index contributed by atoms with van der Waals surface area (Å²) in [6.07, 6.45) is 2.45. The number of nitrogens with one attached hydrogen (secondary N) is 1. The summed E-state index contributed by atoms with van der Waals surface area (Å²) in [7, 11) is 0. The number of aromatic amines is 1. The first-order valence-electron chi connectivity index (χ1n) is 10.8. The molecule has 0 spiro atoms. The van der Waals surface area contributed by atoms with Crippen LogP contribution in [0.4, 0.5) is 15.9 Å². The van der Waals surface area contributed by atoms with Crippen LogP contribution in [0, 0.1) is 5.95 Å². The summed E-state index contributed by atoms with van der Waals surface area (Å²) in [5.74, 6) is 11.0. The third-order valence-corrected chi connectivity index (χ3v) is 6.50. The molecule has 1 aromatic carbocycles. The van der Waals surface area contributed by atoms with Gasteiger partial charge in [0, 0.05) is 22.3 Å². The van der Waals surface area contributed by atoms with Gasteiger partial charge in [-0.3, -0.25) is 9.80 Å². The Hall–Kier alpha value is -3.93. The molecule has 0 fully saturated rings. The summed E-state index contributed by atoms with van der Waals surface area (Å²) in [4.78, 5) is 24.4. The van der Waals surface area contributed by atoms with E-state index in [1.165, 1.54) is 29.5 Å². The first-order chi connectivity index (χ1) is 17.3. The lowest BCUT2D eigenvalue weighted by Crippen LogP contribution is -2.30. The molecule has 0 saturated heterocycles. The number of benzene rings is 1. The molecule has 1 aliphatic heterocycles. The van der Waals surface area contributed by atoms with Gasteiger partial charge in [-0.2, -0.15) is 9.49 Å². The maximum Gasteiger partial charge on any atom is 0.252 e. The minimum absolute atomic E-state index is 0.0474. The molecular weight excluding hydrogens is 508 g/mol. The van der Waals surface area contributed by atoms with Gasteiger partial charge in [0.05, 0.1) is 17.3 Å². The Bertz CT molecular complexity index is 1570. The SMILES string of the molecule is N/N=C\N(N)c1ccc(Cl)cc1-c1cc2n(c(=O)c1)C(c1nc(-c3ccc(N)nc3F)c(Cl)[nH]1)CC2. The fourth-order valence-electron chi connectivity index (χ4n) is 4.44. The Balaban J connectivity index is 1.55. The van der Waals surface area contributed by atoms with Gasteiger partial charge in [0.25, 0.3) is 5.56 Å². The quantitative estimate of drug-likeness (QED) is 0.102. The van der Waals surface area contributed by atoms with Crippen molar-refractivity contribution < 1.29 is 4.39 Å². The lowest BCUT2D eigenvalue weighted by molar-refractivity contribution is 0.571. The molecule has 0 aliphatic carbocycles. The molecular formula is C23H20Cl2FN9O. The molecule has 0 saturated carbocycles. The smallest absolute Gasteiger partial charge is 0.252 e. The summed E-state index contributed by atoms with van der Waals surface area (Å²) >= 11 is 12.6. The lowest BCUT2D eigenvalue weighted by Gasteiger charge is -2.18. The number of rotatable bonds is 5. The number of H-pyrrole nitrogens is 1. The van der Waals surface area contributed by atoms with Crippen molar-refractivity contribution >= 4 is 41.0 Å². The van der Waals surface area contributed by atoms with Crippen molar-refractivity contribution in [2.75, 3.05) is 10.7 Å². The fourth-order valence-corrected chi connectivity index (χ4v) is 4.85. The molecule has 36 heavy (non-hydrogen) atoms. The van der Waals surface area contributed by atoms with Gasteiger partial charge >= 0.3 is 0 Å². The van der Waals surface area contributed by atoms with Crippen molar-refractivity contribution in [2.24, 2.45) is 16.8 Å². The van der Waals surface area contributed by atoms with E-state index < -0.39 is 12.0 Å². The van der Waals surface area contributed by atoms with E-state index in [1.807, 2.05) is 6.07 Å². The second-order valence-corrected chi connectivity index (χ2v) is 9.00. The van der Waals surface area contributed by atoms with Crippen LogP contribution in [-0.2, 0) is 6.42 Å². The number of anilines is 2. The summed E-state index contributed by atoms with van der Waals surface area (Å²) in [6.45, 7) is 0. The van der Waals surface area contributed by atoms with E-state index >= 15 is 0 Å². The molecule has 7 N–H and O–H groups in total. The highest BCUT2D eigenvalue weighted by Crippen LogP contribution is 2.37. The van der Waals surface area contributed by atoms with Gasteiger partial charge in [-0.15, -0.1) is 0 Å². The molecule has 5 rings (SSSR count). The number of pyridine rings is 2. The van der Waals surface area contributed by atoms with Crippen LogP contribution < -0.4 is 28.0 Å². The van der Waals surface area contributed by atoms with Gasteiger partial charge in [0.2, 0.25) is 5.95 Å². The number of nitrogen functional groups attached to an aromatic ring is 1. The number of imidazole rings is 1. The molecule has 184 valence electrons. The highest BCUT2D eigenvalue weighted by molar-refractivity contribution is 6.32. The standard InChI is InChI=1S/C23H20Cl2FN9O/c24-12-1-4-16(34(29)10-30-28)15(9-12)11-7-13-2-5-17(35(13)19(36)8-11)23-32-20(21(25)33-23)14-3-6-18(27)31-22(14)26/h1,3-4,6-10,17H,2,5,28-29H2,(H2,27,31)(H,32,33)/b30-10-. The number of hydrogen-bond donors (Lipinski definition) is 4. The van der Waals surface area contributed by atoms with E-state index in [1.54, 1.807) is 22.8 Å². The molecule has 0 amide bonds. The highest BCUT2D eigenvalue weighted by atomic mass is 35.5. The van der Waals surface area contributed by atoms with Gasteiger partial charge in [-0.25, -0.2) is 15.8 Å². The molecule has 3 aromatic heterocycles. The van der Waals surface area contributed by atoms with E-state index in [4.69, 9.17) is 40.6 Å². The van der Waals surface area contributed by atoms with Crippen molar-refractivity contribution in [1.29, 1.82) is 0 Å². The Morgan fingerprint density at radius 3 is 2.72 bits per heavy atom. The van der Waals surface area contributed by atoms with Crippen molar-refractivity contribution in [3.05, 3.63) is 80.5 Å². The predicted molar refractivity (Wildman–Crippen MR) is 138 cm³/mol. The zero-order valence-electron chi connectivity index (χ0n) is 18.6. The number of aromatic nitrogens is 4. The van der Waals surface area contributed by atoms with Crippen LogP contribution in [-0.4, -0.2) is 25.9 Å². The minimum atomic E-state index is -0.783. The van der Waals surface area contributed by atoms with Gasteiger partial charge in [-0.05, 0) is 54.8 Å². The zero-order chi connectivity index (χ0) is 25.6. The Morgan fingerprint density at radius 2 is 1.97 bits per heavy atom. The van der Waals surface area contributed by atoms with Crippen molar-refractivity contribution in [3.63, 3.8) is 0 Å². The van der Waals surface area contributed by atoms with Crippen molar-refractivity contribution in [2.45, 2.75) is 18.9 Å². The average Bonchev–Trinajstić information content (AvgIpc) is 3.43. The average molecular weight is 528 g/mol.